The molecule has 1 aliphatic rings. The van der Waals surface area contributed by atoms with Crippen LogP contribution >= 0.6 is 0 Å². The van der Waals surface area contributed by atoms with Gasteiger partial charge in [-0.2, -0.15) is 0 Å². The van der Waals surface area contributed by atoms with Crippen LogP contribution in [-0.4, -0.2) is 15.3 Å². The van der Waals surface area contributed by atoms with Crippen molar-refractivity contribution in [3.8, 4) is 22.5 Å². The van der Waals surface area contributed by atoms with Gasteiger partial charge in [-0.1, -0.05) is 110 Å². The molecular formula is C42H31N3. The molecule has 3 heterocycles. The van der Waals surface area contributed by atoms with Crippen molar-refractivity contribution in [2.45, 2.75) is 18.8 Å². The van der Waals surface area contributed by atoms with Gasteiger partial charge >= 0.3 is 0 Å². The maximum absolute atomic E-state index is 5.05. The highest BCUT2D eigenvalue weighted by molar-refractivity contribution is 6.10. The van der Waals surface area contributed by atoms with Gasteiger partial charge in [-0.3, -0.25) is 4.57 Å². The zero-order chi connectivity index (χ0) is 30.0. The third-order valence-corrected chi connectivity index (χ3v) is 9.67. The van der Waals surface area contributed by atoms with E-state index < -0.39 is 0 Å². The monoisotopic (exact) mass is 577 g/mol. The predicted molar refractivity (Wildman–Crippen MR) is 189 cm³/mol. The first kappa shape index (κ1) is 25.8. The van der Waals surface area contributed by atoms with E-state index >= 15 is 0 Å². The summed E-state index contributed by atoms with van der Waals surface area (Å²) >= 11 is 0. The van der Waals surface area contributed by atoms with Crippen molar-refractivity contribution >= 4 is 44.7 Å². The van der Waals surface area contributed by atoms with Gasteiger partial charge in [0.15, 0.2) is 0 Å². The van der Waals surface area contributed by atoms with Gasteiger partial charge in [-0.05, 0) is 71.6 Å². The Morgan fingerprint density at radius 2 is 1.09 bits per heavy atom. The minimum Gasteiger partial charge on any atom is -0.309 e. The van der Waals surface area contributed by atoms with E-state index in [2.05, 4.69) is 174 Å². The summed E-state index contributed by atoms with van der Waals surface area (Å²) in [6.07, 6.45) is 2.95. The molecule has 0 spiro atoms. The number of aromatic nitrogens is 2. The van der Waals surface area contributed by atoms with Gasteiger partial charge < -0.3 is 4.57 Å². The molecule has 0 radical (unpaired) electrons. The lowest BCUT2D eigenvalue weighted by atomic mass is 9.72. The molecule has 0 aliphatic carbocycles. The van der Waals surface area contributed by atoms with Gasteiger partial charge in [0.1, 0.15) is 5.82 Å². The average Bonchev–Trinajstić information content (AvgIpc) is 3.63. The molecule has 6 aromatic carbocycles. The summed E-state index contributed by atoms with van der Waals surface area (Å²) in [5.41, 5.74) is 10.7. The van der Waals surface area contributed by atoms with E-state index in [-0.39, 0.29) is 5.41 Å². The molecule has 1 atom stereocenters. The van der Waals surface area contributed by atoms with Gasteiger partial charge in [0.2, 0.25) is 0 Å². The normalized spacial score (nSPS) is 16.0. The van der Waals surface area contributed by atoms with Crippen molar-refractivity contribution in [1.29, 1.82) is 0 Å². The molecular weight excluding hydrogens is 546 g/mol. The number of rotatable bonds is 4. The molecule has 8 aromatic rings. The maximum Gasteiger partial charge on any atom is 0.141 e. The molecule has 3 heteroatoms. The molecule has 214 valence electrons. The van der Waals surface area contributed by atoms with Crippen LogP contribution in [-0.2, 0) is 5.41 Å². The van der Waals surface area contributed by atoms with Gasteiger partial charge in [-0.15, -0.1) is 0 Å². The van der Waals surface area contributed by atoms with Crippen LogP contribution in [0.4, 0.5) is 5.82 Å². The number of hydrogen-bond donors (Lipinski definition) is 0. The Morgan fingerprint density at radius 3 is 1.84 bits per heavy atom. The van der Waals surface area contributed by atoms with Crippen molar-refractivity contribution in [2.75, 3.05) is 0 Å². The summed E-state index contributed by atoms with van der Waals surface area (Å²) in [6.45, 7) is 2.39. The van der Waals surface area contributed by atoms with E-state index in [9.17, 15) is 0 Å². The van der Waals surface area contributed by atoms with Crippen molar-refractivity contribution in [3.05, 3.63) is 163 Å². The Bertz CT molecular complexity index is 2390. The Balaban J connectivity index is 1.23. The minimum atomic E-state index is -0.245. The lowest BCUT2D eigenvalue weighted by molar-refractivity contribution is 0.601. The summed E-state index contributed by atoms with van der Waals surface area (Å²) in [5.74, 6) is 1.03. The predicted octanol–water partition coefficient (Wildman–Crippen LogP) is 10.8. The van der Waals surface area contributed by atoms with Crippen molar-refractivity contribution in [3.63, 3.8) is 0 Å². The van der Waals surface area contributed by atoms with Gasteiger partial charge in [0.05, 0.1) is 16.6 Å². The molecule has 0 fully saturated rings. The van der Waals surface area contributed by atoms with Crippen LogP contribution < -0.4 is 0 Å². The molecule has 0 saturated heterocycles. The van der Waals surface area contributed by atoms with E-state index in [1.54, 1.807) is 0 Å². The molecule has 1 aliphatic heterocycles. The lowest BCUT2D eigenvalue weighted by Crippen LogP contribution is -2.26. The van der Waals surface area contributed by atoms with Crippen LogP contribution in [0.25, 0.3) is 55.2 Å². The summed E-state index contributed by atoms with van der Waals surface area (Å²) < 4.78 is 4.72. The van der Waals surface area contributed by atoms with Gasteiger partial charge in [0.25, 0.3) is 0 Å². The Labute approximate surface area is 262 Å². The van der Waals surface area contributed by atoms with Gasteiger partial charge in [0, 0.05) is 44.7 Å². The lowest BCUT2D eigenvalue weighted by Gasteiger charge is -2.32. The van der Waals surface area contributed by atoms with E-state index in [0.717, 1.165) is 23.6 Å². The molecule has 0 saturated carbocycles. The van der Waals surface area contributed by atoms with Crippen LogP contribution in [0.15, 0.2) is 157 Å². The number of para-hydroxylation sites is 3. The van der Waals surface area contributed by atoms with Crippen LogP contribution in [0, 0.1) is 0 Å². The smallest absolute Gasteiger partial charge is 0.141 e. The molecule has 0 bridgehead atoms. The zero-order valence-electron chi connectivity index (χ0n) is 25.1. The molecule has 0 amide bonds. The number of aliphatic imine (C=N–C) groups is 1. The van der Waals surface area contributed by atoms with Crippen molar-refractivity contribution in [1.82, 2.24) is 9.13 Å². The van der Waals surface area contributed by atoms with E-state index in [0.29, 0.717) is 0 Å². The highest BCUT2D eigenvalue weighted by Gasteiger charge is 2.38. The molecule has 2 aromatic heterocycles. The third-order valence-electron chi connectivity index (χ3n) is 9.67. The fraction of sp³-hybridized carbons (Fsp3) is 0.0714. The first-order chi connectivity index (χ1) is 22.2. The molecule has 9 rings (SSSR count). The number of fused-ring (bicyclic) bond motifs is 6. The Morgan fingerprint density at radius 1 is 0.511 bits per heavy atom. The first-order valence-corrected chi connectivity index (χ1v) is 15.6. The van der Waals surface area contributed by atoms with E-state index in [4.69, 9.17) is 4.99 Å². The second-order valence-corrected chi connectivity index (χ2v) is 12.2. The molecule has 1 unspecified atom stereocenters. The minimum absolute atomic E-state index is 0.245. The fourth-order valence-corrected chi connectivity index (χ4v) is 7.44. The highest BCUT2D eigenvalue weighted by atomic mass is 15.1. The van der Waals surface area contributed by atoms with Crippen molar-refractivity contribution < 1.29 is 0 Å². The Kier molecular flexibility index (Phi) is 5.69. The zero-order valence-corrected chi connectivity index (χ0v) is 25.1. The second-order valence-electron chi connectivity index (χ2n) is 12.2. The molecule has 45 heavy (non-hydrogen) atoms. The maximum atomic E-state index is 5.05. The summed E-state index contributed by atoms with van der Waals surface area (Å²) in [5, 5.41) is 3.80. The third kappa shape index (κ3) is 3.87. The fourth-order valence-electron chi connectivity index (χ4n) is 7.44. The Hall–Kier alpha value is -5.67. The number of hydrogen-bond acceptors (Lipinski definition) is 1. The quantitative estimate of drug-likeness (QED) is 0.199. The van der Waals surface area contributed by atoms with Crippen molar-refractivity contribution in [2.24, 2.45) is 4.99 Å². The van der Waals surface area contributed by atoms with Crippen LogP contribution in [0.3, 0.4) is 0 Å². The van der Waals surface area contributed by atoms with Crippen LogP contribution in [0.2, 0.25) is 0 Å². The summed E-state index contributed by atoms with van der Waals surface area (Å²) in [4.78, 5) is 5.05. The standard InChI is InChI=1S/C42H31N3/c1-42(26-27-43-41-40(42)35-17-9-11-19-38(35)45(41)32-14-6-3-7-15-32)31-22-25-39-36(28-31)34-16-8-10-18-37(34)44(39)33-23-20-30(21-24-33)29-12-4-2-5-13-29/h2-25,27-28H,26H2,1H3. The summed E-state index contributed by atoms with van der Waals surface area (Å²) in [6, 6.07) is 54.8. The van der Waals surface area contributed by atoms with E-state index in [1.165, 1.54) is 55.0 Å². The average molecular weight is 578 g/mol. The summed E-state index contributed by atoms with van der Waals surface area (Å²) in [7, 11) is 0. The topological polar surface area (TPSA) is 22.2 Å². The highest BCUT2D eigenvalue weighted by Crippen LogP contribution is 2.50. The van der Waals surface area contributed by atoms with Crippen LogP contribution in [0.5, 0.6) is 0 Å². The molecule has 0 N–H and O–H groups in total. The van der Waals surface area contributed by atoms with Crippen LogP contribution in [0.1, 0.15) is 24.5 Å². The SMILES string of the molecule is CC1(c2ccc3c(c2)c2ccccc2n3-c2ccc(-c3ccccc3)cc2)CC=Nc2c1c1ccccc1n2-c1ccccc1. The van der Waals surface area contributed by atoms with E-state index in [1.807, 2.05) is 0 Å². The van der Waals surface area contributed by atoms with Gasteiger partial charge in [-0.25, -0.2) is 4.99 Å². The molecule has 3 nitrogen and oxygen atoms in total. The number of benzene rings is 6. The number of nitrogens with zero attached hydrogens (tertiary/aromatic N) is 3. The largest absolute Gasteiger partial charge is 0.309 e. The first-order valence-electron chi connectivity index (χ1n) is 15.6. The second kappa shape index (κ2) is 9.93.